The first-order chi connectivity index (χ1) is 10.3. The number of hydrogen-bond donors (Lipinski definition) is 0. The normalized spacial score (nSPS) is 37.2. The molecular weight excluding hydrogens is 276 g/mol. The first kappa shape index (κ1) is 14.2. The van der Waals surface area contributed by atoms with Crippen molar-refractivity contribution in [3.05, 3.63) is 22.5 Å². The van der Waals surface area contributed by atoms with Gasteiger partial charge in [0.05, 0.1) is 0 Å². The van der Waals surface area contributed by atoms with Gasteiger partial charge in [-0.2, -0.15) is 0 Å². The zero-order valence-corrected chi connectivity index (χ0v) is 14.4. The highest BCUT2D eigenvalue weighted by molar-refractivity contribution is 6.82. The number of fused-ring (bicyclic) bond motifs is 4. The van der Waals surface area contributed by atoms with E-state index in [0.29, 0.717) is 0 Å². The highest BCUT2D eigenvalue weighted by atomic mass is 28.4. The van der Waals surface area contributed by atoms with Crippen LogP contribution in [0.2, 0.25) is 0 Å². The summed E-state index contributed by atoms with van der Waals surface area (Å²) in [5.74, 6) is 3.16. The highest BCUT2D eigenvalue weighted by Crippen LogP contribution is 2.54. The Morgan fingerprint density at radius 3 is 1.62 bits per heavy atom. The Labute approximate surface area is 129 Å². The van der Waals surface area contributed by atoms with Gasteiger partial charge in [-0.25, -0.2) is 0 Å². The van der Waals surface area contributed by atoms with E-state index < -0.39 is 8.56 Å². The average Bonchev–Trinajstić information content (AvgIpc) is 3.26. The molecule has 21 heavy (non-hydrogen) atoms. The molecule has 0 radical (unpaired) electrons. The van der Waals surface area contributed by atoms with E-state index in [1.54, 1.807) is 10.4 Å². The van der Waals surface area contributed by atoms with Crippen molar-refractivity contribution in [2.45, 2.75) is 52.4 Å². The van der Waals surface area contributed by atoms with Gasteiger partial charge in [0.25, 0.3) is 0 Å². The smallest absolute Gasteiger partial charge is 0.388 e. The summed E-state index contributed by atoms with van der Waals surface area (Å²) in [6.07, 6.45) is 13.4. The Morgan fingerprint density at radius 2 is 1.33 bits per heavy atom. The molecule has 3 heteroatoms. The van der Waals surface area contributed by atoms with Gasteiger partial charge in [0.15, 0.2) is 0 Å². The van der Waals surface area contributed by atoms with Crippen LogP contribution in [0.15, 0.2) is 22.5 Å². The summed E-state index contributed by atoms with van der Waals surface area (Å²) in [7, 11) is -2.31. The Balaban J connectivity index is 1.75. The highest BCUT2D eigenvalue weighted by Gasteiger charge is 2.56. The largest absolute Gasteiger partial charge is 0.398 e. The second-order valence-corrected chi connectivity index (χ2v) is 10.2. The van der Waals surface area contributed by atoms with Gasteiger partial charge in [0, 0.05) is 13.2 Å². The number of rotatable bonds is 6. The third-order valence-corrected chi connectivity index (χ3v) is 10.2. The maximum Gasteiger partial charge on any atom is 0.398 e. The average molecular weight is 305 g/mol. The third-order valence-electron chi connectivity index (χ3n) is 6.11. The summed E-state index contributed by atoms with van der Waals surface area (Å²) in [6, 6.07) is 0. The molecule has 2 saturated carbocycles. The Morgan fingerprint density at radius 1 is 0.857 bits per heavy atom. The van der Waals surface area contributed by atoms with Gasteiger partial charge in [-0.15, -0.1) is 0 Å². The van der Waals surface area contributed by atoms with E-state index in [-0.39, 0.29) is 0 Å². The lowest BCUT2D eigenvalue weighted by molar-refractivity contribution is 0.193. The second-order valence-electron chi connectivity index (χ2n) is 7.27. The maximum atomic E-state index is 6.52. The van der Waals surface area contributed by atoms with Crippen LogP contribution in [0.3, 0.4) is 0 Å². The van der Waals surface area contributed by atoms with Crippen LogP contribution in [-0.4, -0.2) is 21.8 Å². The zero-order valence-electron chi connectivity index (χ0n) is 13.4. The van der Waals surface area contributed by atoms with Crippen molar-refractivity contribution in [2.24, 2.45) is 23.7 Å². The molecule has 4 bridgehead atoms. The van der Waals surface area contributed by atoms with Gasteiger partial charge in [0.1, 0.15) is 0 Å². The van der Waals surface area contributed by atoms with E-state index in [9.17, 15) is 0 Å². The first-order valence-corrected chi connectivity index (χ1v) is 10.8. The SMILES string of the molecule is CCO[Si](OCC)(C1=CC2CCC1C2)C1=CC2CCC1C2. The monoisotopic (exact) mass is 304 g/mol. The molecule has 2 fully saturated rings. The third kappa shape index (κ3) is 2.12. The van der Waals surface area contributed by atoms with E-state index in [2.05, 4.69) is 26.0 Å². The van der Waals surface area contributed by atoms with E-state index in [1.807, 2.05) is 0 Å². The van der Waals surface area contributed by atoms with Crippen molar-refractivity contribution in [1.29, 1.82) is 0 Å². The Kier molecular flexibility index (Phi) is 3.63. The first-order valence-electron chi connectivity index (χ1n) is 8.99. The predicted octanol–water partition coefficient (Wildman–Crippen LogP) is 4.29. The van der Waals surface area contributed by atoms with Crippen molar-refractivity contribution in [2.75, 3.05) is 13.2 Å². The van der Waals surface area contributed by atoms with Crippen LogP contribution >= 0.6 is 0 Å². The molecule has 0 aromatic carbocycles. The van der Waals surface area contributed by atoms with E-state index >= 15 is 0 Å². The van der Waals surface area contributed by atoms with Gasteiger partial charge >= 0.3 is 8.56 Å². The fourth-order valence-corrected chi connectivity index (χ4v) is 9.79. The molecule has 0 saturated heterocycles. The van der Waals surface area contributed by atoms with Crippen LogP contribution in [0, 0.1) is 23.7 Å². The van der Waals surface area contributed by atoms with E-state index in [4.69, 9.17) is 8.85 Å². The molecule has 4 unspecified atom stereocenters. The lowest BCUT2D eigenvalue weighted by Crippen LogP contribution is -2.50. The summed E-state index contributed by atoms with van der Waals surface area (Å²) in [6.45, 7) is 5.86. The molecule has 0 N–H and O–H groups in total. The molecule has 0 aromatic heterocycles. The van der Waals surface area contributed by atoms with Crippen molar-refractivity contribution in [3.63, 3.8) is 0 Å². The standard InChI is InChI=1S/C18H28O2Si/c1-3-19-21(20-4-2,17-11-13-5-7-15(17)9-13)18-12-14-6-8-16(18)10-14/h11-16H,3-10H2,1-2H3. The zero-order chi connectivity index (χ0) is 14.4. The summed E-state index contributed by atoms with van der Waals surface area (Å²) in [5.41, 5.74) is 0. The van der Waals surface area contributed by atoms with E-state index in [1.165, 1.54) is 38.5 Å². The van der Waals surface area contributed by atoms with Gasteiger partial charge in [-0.05, 0) is 86.4 Å². The van der Waals surface area contributed by atoms with Gasteiger partial charge < -0.3 is 8.85 Å². The van der Waals surface area contributed by atoms with Crippen molar-refractivity contribution >= 4 is 8.56 Å². The minimum Gasteiger partial charge on any atom is -0.388 e. The minimum atomic E-state index is -2.31. The molecule has 4 aliphatic rings. The number of hydrogen-bond acceptors (Lipinski definition) is 2. The molecule has 0 aromatic rings. The minimum absolute atomic E-state index is 0.764. The topological polar surface area (TPSA) is 18.5 Å². The summed E-state index contributed by atoms with van der Waals surface area (Å²) in [4.78, 5) is 0. The predicted molar refractivity (Wildman–Crippen MR) is 86.8 cm³/mol. The fraction of sp³-hybridized carbons (Fsp3) is 0.778. The van der Waals surface area contributed by atoms with Crippen LogP contribution in [-0.2, 0) is 8.85 Å². The van der Waals surface area contributed by atoms with Crippen LogP contribution in [0.1, 0.15) is 52.4 Å². The second kappa shape index (κ2) is 5.36. The summed E-state index contributed by atoms with van der Waals surface area (Å²) < 4.78 is 13.0. The molecule has 4 atom stereocenters. The quantitative estimate of drug-likeness (QED) is 0.681. The molecule has 116 valence electrons. The summed E-state index contributed by atoms with van der Waals surface area (Å²) >= 11 is 0. The van der Waals surface area contributed by atoms with Crippen molar-refractivity contribution < 1.29 is 8.85 Å². The van der Waals surface area contributed by atoms with Crippen LogP contribution in [0.5, 0.6) is 0 Å². The molecule has 0 amide bonds. The lowest BCUT2D eigenvalue weighted by Gasteiger charge is -2.38. The molecule has 4 aliphatic carbocycles. The summed E-state index contributed by atoms with van der Waals surface area (Å²) in [5, 5.41) is 3.22. The molecule has 0 aliphatic heterocycles. The van der Waals surface area contributed by atoms with E-state index in [0.717, 1.165) is 36.9 Å². The van der Waals surface area contributed by atoms with Gasteiger partial charge in [0.2, 0.25) is 0 Å². The van der Waals surface area contributed by atoms with Gasteiger partial charge in [-0.1, -0.05) is 12.2 Å². The Hall–Kier alpha value is -0.383. The molecule has 0 spiro atoms. The molecule has 2 nitrogen and oxygen atoms in total. The molecule has 0 heterocycles. The van der Waals surface area contributed by atoms with Crippen molar-refractivity contribution in [3.8, 4) is 0 Å². The maximum absolute atomic E-state index is 6.52. The fourth-order valence-electron chi connectivity index (χ4n) is 5.39. The van der Waals surface area contributed by atoms with Gasteiger partial charge in [-0.3, -0.25) is 0 Å². The Bertz CT molecular complexity index is 438. The molecule has 4 rings (SSSR count). The molecular formula is C18H28O2Si. The van der Waals surface area contributed by atoms with Crippen LogP contribution in [0.25, 0.3) is 0 Å². The van der Waals surface area contributed by atoms with Crippen LogP contribution in [0.4, 0.5) is 0 Å². The number of allylic oxidation sites excluding steroid dienone is 4. The van der Waals surface area contributed by atoms with Crippen molar-refractivity contribution in [1.82, 2.24) is 0 Å². The van der Waals surface area contributed by atoms with Crippen LogP contribution < -0.4 is 0 Å². The lowest BCUT2D eigenvalue weighted by atomic mass is 10.1.